The zero-order chi connectivity index (χ0) is 12.6. The highest BCUT2D eigenvalue weighted by Gasteiger charge is 2.21. The first-order valence-electron chi connectivity index (χ1n) is 5.63. The van der Waals surface area contributed by atoms with E-state index in [4.69, 9.17) is 9.47 Å². The number of carbonyl (C=O) groups excluding carboxylic acids is 2. The number of ether oxygens (including phenoxy) is 2. The van der Waals surface area contributed by atoms with E-state index in [0.29, 0.717) is 13.0 Å². The molecule has 16 heavy (non-hydrogen) atoms. The van der Waals surface area contributed by atoms with Gasteiger partial charge in [-0.1, -0.05) is 6.92 Å². The number of hydrogen-bond acceptors (Lipinski definition) is 4. The van der Waals surface area contributed by atoms with E-state index in [1.807, 2.05) is 20.8 Å². The topological polar surface area (TPSA) is 52.6 Å². The molecule has 4 nitrogen and oxygen atoms in total. The van der Waals surface area contributed by atoms with Crippen molar-refractivity contribution in [2.24, 2.45) is 0 Å². The SMILES string of the molecule is CCCOC(=O)CCC(=O)CC(C)(C)OC. The molecule has 4 heteroatoms. The highest BCUT2D eigenvalue weighted by atomic mass is 16.5. The van der Waals surface area contributed by atoms with E-state index in [2.05, 4.69) is 0 Å². The molecule has 0 aromatic heterocycles. The summed E-state index contributed by atoms with van der Waals surface area (Å²) in [4.78, 5) is 22.6. The van der Waals surface area contributed by atoms with Crippen molar-refractivity contribution >= 4 is 11.8 Å². The van der Waals surface area contributed by atoms with Crippen LogP contribution in [0.1, 0.15) is 46.5 Å². The molecule has 0 unspecified atom stereocenters. The fourth-order valence-corrected chi connectivity index (χ4v) is 1.16. The molecule has 0 N–H and O–H groups in total. The Morgan fingerprint density at radius 1 is 1.19 bits per heavy atom. The predicted octanol–water partition coefficient (Wildman–Crippen LogP) is 2.10. The van der Waals surface area contributed by atoms with Gasteiger partial charge >= 0.3 is 5.97 Å². The number of hydrogen-bond donors (Lipinski definition) is 0. The van der Waals surface area contributed by atoms with Crippen LogP contribution < -0.4 is 0 Å². The van der Waals surface area contributed by atoms with Crippen molar-refractivity contribution in [3.05, 3.63) is 0 Å². The van der Waals surface area contributed by atoms with Crippen LogP contribution in [-0.4, -0.2) is 31.1 Å². The molecule has 0 aliphatic carbocycles. The molecule has 0 fully saturated rings. The maximum Gasteiger partial charge on any atom is 0.306 e. The van der Waals surface area contributed by atoms with Crippen LogP contribution in [0.25, 0.3) is 0 Å². The predicted molar refractivity (Wildman–Crippen MR) is 61.2 cm³/mol. The van der Waals surface area contributed by atoms with Crippen LogP contribution >= 0.6 is 0 Å². The van der Waals surface area contributed by atoms with Crippen molar-refractivity contribution in [2.75, 3.05) is 13.7 Å². The summed E-state index contributed by atoms with van der Waals surface area (Å²) in [7, 11) is 1.57. The Morgan fingerprint density at radius 3 is 2.31 bits per heavy atom. The van der Waals surface area contributed by atoms with Gasteiger partial charge in [0.15, 0.2) is 0 Å². The minimum atomic E-state index is -0.454. The molecule has 0 aliphatic rings. The zero-order valence-corrected chi connectivity index (χ0v) is 10.7. The van der Waals surface area contributed by atoms with Gasteiger partial charge in [0.1, 0.15) is 5.78 Å². The average Bonchev–Trinajstić information content (AvgIpc) is 2.23. The second-order valence-electron chi connectivity index (χ2n) is 4.40. The third-order valence-electron chi connectivity index (χ3n) is 2.25. The lowest BCUT2D eigenvalue weighted by atomic mass is 9.99. The highest BCUT2D eigenvalue weighted by Crippen LogP contribution is 2.15. The van der Waals surface area contributed by atoms with Gasteiger partial charge in [0.05, 0.1) is 18.6 Å². The Balaban J connectivity index is 3.77. The largest absolute Gasteiger partial charge is 0.466 e. The highest BCUT2D eigenvalue weighted by molar-refractivity contribution is 5.83. The Morgan fingerprint density at radius 2 is 1.81 bits per heavy atom. The number of methoxy groups -OCH3 is 1. The number of rotatable bonds is 8. The van der Waals surface area contributed by atoms with Crippen molar-refractivity contribution in [1.29, 1.82) is 0 Å². The fourth-order valence-electron chi connectivity index (χ4n) is 1.16. The maximum atomic E-state index is 11.5. The molecule has 0 saturated carbocycles. The summed E-state index contributed by atoms with van der Waals surface area (Å²) in [5, 5.41) is 0. The molecule has 0 rings (SSSR count). The summed E-state index contributed by atoms with van der Waals surface area (Å²) in [6.45, 7) is 6.05. The van der Waals surface area contributed by atoms with Gasteiger partial charge in [-0.3, -0.25) is 9.59 Å². The molecule has 94 valence electrons. The van der Waals surface area contributed by atoms with E-state index in [9.17, 15) is 9.59 Å². The summed E-state index contributed by atoms with van der Waals surface area (Å²) in [6.07, 6.45) is 1.52. The van der Waals surface area contributed by atoms with E-state index in [0.717, 1.165) is 6.42 Å². The van der Waals surface area contributed by atoms with E-state index in [1.54, 1.807) is 7.11 Å². The van der Waals surface area contributed by atoms with E-state index >= 15 is 0 Å². The Kier molecular flexibility index (Phi) is 6.97. The molecule has 0 heterocycles. The van der Waals surface area contributed by atoms with E-state index in [1.165, 1.54) is 0 Å². The smallest absolute Gasteiger partial charge is 0.306 e. The molecule has 0 radical (unpaired) electrons. The second kappa shape index (κ2) is 7.39. The number of esters is 1. The molecule has 0 amide bonds. The first-order chi connectivity index (χ1) is 7.41. The number of ketones is 1. The first-order valence-corrected chi connectivity index (χ1v) is 5.63. The van der Waals surface area contributed by atoms with Crippen molar-refractivity contribution in [3.63, 3.8) is 0 Å². The summed E-state index contributed by atoms with van der Waals surface area (Å²) in [6, 6.07) is 0. The lowest BCUT2D eigenvalue weighted by molar-refractivity contribution is -0.145. The van der Waals surface area contributed by atoms with E-state index < -0.39 is 5.60 Å². The van der Waals surface area contributed by atoms with Gasteiger partial charge in [-0.2, -0.15) is 0 Å². The van der Waals surface area contributed by atoms with Gasteiger partial charge < -0.3 is 9.47 Å². The van der Waals surface area contributed by atoms with Crippen LogP contribution in [0.2, 0.25) is 0 Å². The lowest BCUT2D eigenvalue weighted by Crippen LogP contribution is -2.26. The van der Waals surface area contributed by atoms with E-state index in [-0.39, 0.29) is 24.6 Å². The van der Waals surface area contributed by atoms with Crippen LogP contribution in [-0.2, 0) is 19.1 Å². The molecule has 0 aliphatic heterocycles. The quantitative estimate of drug-likeness (QED) is 0.599. The van der Waals surface area contributed by atoms with Gasteiger partial charge in [0, 0.05) is 20.0 Å². The summed E-state index contributed by atoms with van der Waals surface area (Å²) in [5.74, 6) is -0.272. The van der Waals surface area contributed by atoms with Crippen LogP contribution in [0.5, 0.6) is 0 Å². The van der Waals surface area contributed by atoms with Gasteiger partial charge in [0.2, 0.25) is 0 Å². The molecule has 0 aromatic rings. The standard InChI is InChI=1S/C12H22O4/c1-5-8-16-11(14)7-6-10(13)9-12(2,3)15-4/h5-9H2,1-4H3. The van der Waals surface area contributed by atoms with Gasteiger partial charge in [-0.25, -0.2) is 0 Å². The maximum absolute atomic E-state index is 11.5. The Labute approximate surface area is 97.3 Å². The van der Waals surface area contributed by atoms with Gasteiger partial charge in [-0.15, -0.1) is 0 Å². The molecule has 0 atom stereocenters. The zero-order valence-electron chi connectivity index (χ0n) is 10.7. The second-order valence-corrected chi connectivity index (χ2v) is 4.40. The number of Topliss-reactive ketones (excluding diaryl/α,β-unsaturated/α-hetero) is 1. The van der Waals surface area contributed by atoms with Crippen LogP contribution in [0.3, 0.4) is 0 Å². The van der Waals surface area contributed by atoms with Crippen LogP contribution in [0.4, 0.5) is 0 Å². The molecule has 0 bridgehead atoms. The molecule has 0 saturated heterocycles. The average molecular weight is 230 g/mol. The van der Waals surface area contributed by atoms with Crippen molar-refractivity contribution in [1.82, 2.24) is 0 Å². The molecular weight excluding hydrogens is 208 g/mol. The van der Waals surface area contributed by atoms with Crippen LogP contribution in [0, 0.1) is 0 Å². The normalized spacial score (nSPS) is 11.2. The third-order valence-corrected chi connectivity index (χ3v) is 2.25. The molecular formula is C12H22O4. The van der Waals surface area contributed by atoms with Crippen molar-refractivity contribution < 1.29 is 19.1 Å². The molecule has 0 spiro atoms. The lowest BCUT2D eigenvalue weighted by Gasteiger charge is -2.21. The third kappa shape index (κ3) is 7.40. The Hall–Kier alpha value is -0.900. The van der Waals surface area contributed by atoms with Gasteiger partial charge in [-0.05, 0) is 20.3 Å². The summed E-state index contributed by atoms with van der Waals surface area (Å²) in [5.41, 5.74) is -0.454. The summed E-state index contributed by atoms with van der Waals surface area (Å²) < 4.78 is 10.0. The summed E-state index contributed by atoms with van der Waals surface area (Å²) >= 11 is 0. The number of carbonyl (C=O) groups is 2. The van der Waals surface area contributed by atoms with Crippen molar-refractivity contribution in [2.45, 2.75) is 52.1 Å². The minimum absolute atomic E-state index is 0.0281. The van der Waals surface area contributed by atoms with Crippen LogP contribution in [0.15, 0.2) is 0 Å². The fraction of sp³-hybridized carbons (Fsp3) is 0.833. The van der Waals surface area contributed by atoms with Gasteiger partial charge in [0.25, 0.3) is 0 Å². The van der Waals surface area contributed by atoms with Crippen molar-refractivity contribution in [3.8, 4) is 0 Å². The molecule has 0 aromatic carbocycles. The first kappa shape index (κ1) is 15.1. The minimum Gasteiger partial charge on any atom is -0.466 e. The Bertz CT molecular complexity index is 233. The monoisotopic (exact) mass is 230 g/mol.